The van der Waals surface area contributed by atoms with E-state index in [-0.39, 0.29) is 10.6 Å². The first kappa shape index (κ1) is 13.9. The van der Waals surface area contributed by atoms with Gasteiger partial charge in [0.15, 0.2) is 0 Å². The number of halogens is 1. The Bertz CT molecular complexity index is 795. The lowest BCUT2D eigenvalue weighted by atomic mass is 10.2. The van der Waals surface area contributed by atoms with E-state index >= 15 is 0 Å². The molecule has 20 heavy (non-hydrogen) atoms. The van der Waals surface area contributed by atoms with E-state index < -0.39 is 15.8 Å². The SMILES string of the molecule is C#Cc1cccc(NS(=O)(=O)c2ccc(F)cc2N)c1. The summed E-state index contributed by atoms with van der Waals surface area (Å²) < 4.78 is 39.6. The first-order valence-corrected chi connectivity index (χ1v) is 7.05. The molecule has 0 atom stereocenters. The lowest BCUT2D eigenvalue weighted by molar-refractivity contribution is 0.600. The lowest BCUT2D eigenvalue weighted by Gasteiger charge is -2.10. The van der Waals surface area contributed by atoms with Crippen LogP contribution in [0.5, 0.6) is 0 Å². The van der Waals surface area contributed by atoms with Gasteiger partial charge in [-0.3, -0.25) is 4.72 Å². The van der Waals surface area contributed by atoms with Crippen molar-refractivity contribution < 1.29 is 12.8 Å². The van der Waals surface area contributed by atoms with Crippen LogP contribution >= 0.6 is 0 Å². The quantitative estimate of drug-likeness (QED) is 0.672. The van der Waals surface area contributed by atoms with Crippen LogP contribution in [0.15, 0.2) is 47.4 Å². The first-order chi connectivity index (χ1) is 9.42. The van der Waals surface area contributed by atoms with Gasteiger partial charge in [-0.05, 0) is 36.4 Å². The fraction of sp³-hybridized carbons (Fsp3) is 0. The Balaban J connectivity index is 2.38. The molecule has 2 aromatic carbocycles. The molecule has 0 saturated heterocycles. The van der Waals surface area contributed by atoms with Crippen molar-refractivity contribution in [3.05, 3.63) is 53.8 Å². The molecule has 6 heteroatoms. The van der Waals surface area contributed by atoms with Gasteiger partial charge in [-0.2, -0.15) is 0 Å². The topological polar surface area (TPSA) is 72.2 Å². The zero-order valence-corrected chi connectivity index (χ0v) is 11.1. The van der Waals surface area contributed by atoms with Crippen molar-refractivity contribution in [1.82, 2.24) is 0 Å². The predicted molar refractivity (Wildman–Crippen MR) is 76.0 cm³/mol. The lowest BCUT2D eigenvalue weighted by Crippen LogP contribution is -2.15. The summed E-state index contributed by atoms with van der Waals surface area (Å²) in [6.07, 6.45) is 5.25. The number of rotatable bonds is 3. The third kappa shape index (κ3) is 2.90. The van der Waals surface area contributed by atoms with Crippen LogP contribution in [0.2, 0.25) is 0 Å². The van der Waals surface area contributed by atoms with Gasteiger partial charge in [0, 0.05) is 5.56 Å². The summed E-state index contributed by atoms with van der Waals surface area (Å²) in [7, 11) is -3.90. The average Bonchev–Trinajstić information content (AvgIpc) is 2.37. The molecule has 4 nitrogen and oxygen atoms in total. The van der Waals surface area contributed by atoms with Crippen molar-refractivity contribution in [2.24, 2.45) is 0 Å². The summed E-state index contributed by atoms with van der Waals surface area (Å²) in [4.78, 5) is -0.190. The van der Waals surface area contributed by atoms with Gasteiger partial charge in [0.05, 0.1) is 11.4 Å². The summed E-state index contributed by atoms with van der Waals surface area (Å²) in [5.41, 5.74) is 6.21. The van der Waals surface area contributed by atoms with Crippen LogP contribution in [-0.4, -0.2) is 8.42 Å². The molecular formula is C14H11FN2O2S. The Hall–Kier alpha value is -2.52. The molecule has 0 aromatic heterocycles. The molecule has 2 aromatic rings. The third-order valence-corrected chi connectivity index (χ3v) is 4.00. The molecule has 0 saturated carbocycles. The van der Waals surface area contributed by atoms with E-state index in [1.54, 1.807) is 18.2 Å². The molecule has 0 radical (unpaired) electrons. The van der Waals surface area contributed by atoms with E-state index in [4.69, 9.17) is 12.2 Å². The van der Waals surface area contributed by atoms with Crippen LogP contribution in [0.3, 0.4) is 0 Å². The Labute approximate surface area is 116 Å². The monoisotopic (exact) mass is 290 g/mol. The van der Waals surface area contributed by atoms with Crippen LogP contribution in [0, 0.1) is 18.2 Å². The number of nitrogens with one attached hydrogen (secondary N) is 1. The molecule has 0 aliphatic carbocycles. The summed E-state index contributed by atoms with van der Waals surface area (Å²) in [6, 6.07) is 9.45. The highest BCUT2D eigenvalue weighted by atomic mass is 32.2. The van der Waals surface area contributed by atoms with E-state index in [1.165, 1.54) is 6.07 Å². The molecule has 0 fully saturated rings. The molecular weight excluding hydrogens is 279 g/mol. The number of benzene rings is 2. The summed E-state index contributed by atoms with van der Waals surface area (Å²) in [6.45, 7) is 0. The smallest absolute Gasteiger partial charge is 0.263 e. The Morgan fingerprint density at radius 3 is 2.60 bits per heavy atom. The van der Waals surface area contributed by atoms with Crippen LogP contribution in [0.25, 0.3) is 0 Å². The van der Waals surface area contributed by atoms with Crippen molar-refractivity contribution in [3.63, 3.8) is 0 Å². The number of sulfonamides is 1. The molecule has 0 bridgehead atoms. The minimum Gasteiger partial charge on any atom is -0.398 e. The molecule has 0 aliphatic rings. The van der Waals surface area contributed by atoms with E-state index in [0.29, 0.717) is 11.3 Å². The number of nitrogen functional groups attached to an aromatic ring is 1. The van der Waals surface area contributed by atoms with Crippen molar-refractivity contribution >= 4 is 21.4 Å². The van der Waals surface area contributed by atoms with Gasteiger partial charge in [0.2, 0.25) is 0 Å². The second-order valence-electron chi connectivity index (χ2n) is 4.01. The fourth-order valence-electron chi connectivity index (χ4n) is 1.65. The molecule has 0 heterocycles. The highest BCUT2D eigenvalue weighted by Gasteiger charge is 2.18. The van der Waals surface area contributed by atoms with Crippen LogP contribution in [0.1, 0.15) is 5.56 Å². The van der Waals surface area contributed by atoms with Crippen molar-refractivity contribution in [2.45, 2.75) is 4.90 Å². The first-order valence-electron chi connectivity index (χ1n) is 5.57. The molecule has 0 spiro atoms. The fourth-order valence-corrected chi connectivity index (χ4v) is 2.81. The van der Waals surface area contributed by atoms with Gasteiger partial charge in [0.1, 0.15) is 10.7 Å². The second kappa shape index (κ2) is 5.23. The normalized spacial score (nSPS) is 10.8. The molecule has 3 N–H and O–H groups in total. The maximum atomic E-state index is 12.9. The maximum Gasteiger partial charge on any atom is 0.263 e. The second-order valence-corrected chi connectivity index (χ2v) is 5.66. The van der Waals surface area contributed by atoms with Crippen LogP contribution in [-0.2, 0) is 10.0 Å². The number of hydrogen-bond donors (Lipinski definition) is 2. The molecule has 0 aliphatic heterocycles. The zero-order chi connectivity index (χ0) is 14.8. The summed E-state index contributed by atoms with van der Waals surface area (Å²) >= 11 is 0. The van der Waals surface area contributed by atoms with Gasteiger partial charge in [0.25, 0.3) is 10.0 Å². The van der Waals surface area contributed by atoms with Crippen molar-refractivity contribution in [1.29, 1.82) is 0 Å². The zero-order valence-electron chi connectivity index (χ0n) is 10.3. The number of terminal acetylenes is 1. The summed E-state index contributed by atoms with van der Waals surface area (Å²) in [5.74, 6) is 1.80. The van der Waals surface area contributed by atoms with Gasteiger partial charge in [-0.15, -0.1) is 6.42 Å². The highest BCUT2D eigenvalue weighted by Crippen LogP contribution is 2.22. The summed E-state index contributed by atoms with van der Waals surface area (Å²) in [5, 5.41) is 0. The van der Waals surface area contributed by atoms with Gasteiger partial charge in [-0.1, -0.05) is 12.0 Å². The number of anilines is 2. The maximum absolute atomic E-state index is 12.9. The van der Waals surface area contributed by atoms with Gasteiger partial charge >= 0.3 is 0 Å². The minimum absolute atomic E-state index is 0.161. The molecule has 2 rings (SSSR count). The van der Waals surface area contributed by atoms with Crippen LogP contribution in [0.4, 0.5) is 15.8 Å². The van der Waals surface area contributed by atoms with Crippen molar-refractivity contribution in [3.8, 4) is 12.3 Å². The Kier molecular flexibility index (Phi) is 3.63. The van der Waals surface area contributed by atoms with E-state index in [9.17, 15) is 12.8 Å². The molecule has 0 unspecified atom stereocenters. The average molecular weight is 290 g/mol. The Morgan fingerprint density at radius 1 is 1.20 bits per heavy atom. The predicted octanol–water partition coefficient (Wildman–Crippen LogP) is 2.19. The largest absolute Gasteiger partial charge is 0.398 e. The number of nitrogens with two attached hydrogens (primary N) is 1. The molecule has 0 amide bonds. The standard InChI is InChI=1S/C14H11FN2O2S/c1-2-10-4-3-5-12(8-10)17-20(18,19)14-7-6-11(15)9-13(14)16/h1,3-9,17H,16H2. The molecule has 102 valence electrons. The van der Waals surface area contributed by atoms with Gasteiger partial charge < -0.3 is 5.73 Å². The third-order valence-electron chi connectivity index (χ3n) is 2.54. The number of hydrogen-bond acceptors (Lipinski definition) is 3. The highest BCUT2D eigenvalue weighted by molar-refractivity contribution is 7.92. The van der Waals surface area contributed by atoms with E-state index in [0.717, 1.165) is 18.2 Å². The van der Waals surface area contributed by atoms with E-state index in [1.807, 2.05) is 0 Å². The van der Waals surface area contributed by atoms with Crippen molar-refractivity contribution in [2.75, 3.05) is 10.5 Å². The minimum atomic E-state index is -3.90. The Morgan fingerprint density at radius 2 is 1.95 bits per heavy atom. The van der Waals surface area contributed by atoms with Crippen LogP contribution < -0.4 is 10.5 Å². The van der Waals surface area contributed by atoms with Gasteiger partial charge in [-0.25, -0.2) is 12.8 Å². The van der Waals surface area contributed by atoms with E-state index in [2.05, 4.69) is 10.6 Å².